The van der Waals surface area contributed by atoms with Crippen molar-refractivity contribution in [2.45, 2.75) is 39.2 Å². The van der Waals surface area contributed by atoms with Crippen LogP contribution in [0, 0.1) is 11.8 Å². The number of ether oxygens (including phenoxy) is 1. The first-order chi connectivity index (χ1) is 7.61. The molecule has 2 atom stereocenters. The zero-order chi connectivity index (χ0) is 12.0. The molecule has 3 nitrogen and oxygen atoms in total. The summed E-state index contributed by atoms with van der Waals surface area (Å²) in [7, 11) is 0. The van der Waals surface area contributed by atoms with Gasteiger partial charge in [0.2, 0.25) is 0 Å². The van der Waals surface area contributed by atoms with E-state index in [0.717, 1.165) is 12.8 Å². The molecule has 0 aromatic carbocycles. The lowest BCUT2D eigenvalue weighted by molar-refractivity contribution is -0.150. The van der Waals surface area contributed by atoms with Gasteiger partial charge in [0, 0.05) is 6.54 Å². The number of nitrogens with one attached hydrogen (secondary N) is 1. The standard InChI is InChI=1S/C13H23NO2/c1-4-5-14-9-13(15)16-12-7-10(2)6-11(3)8-12/h4,10-12,14H,1,5-9H2,2-3H3. The van der Waals surface area contributed by atoms with E-state index in [1.54, 1.807) is 6.08 Å². The minimum absolute atomic E-state index is 0.122. The van der Waals surface area contributed by atoms with Crippen molar-refractivity contribution >= 4 is 5.97 Å². The molecule has 92 valence electrons. The van der Waals surface area contributed by atoms with Crippen molar-refractivity contribution < 1.29 is 9.53 Å². The van der Waals surface area contributed by atoms with Gasteiger partial charge in [-0.15, -0.1) is 6.58 Å². The number of esters is 1. The molecular weight excluding hydrogens is 202 g/mol. The van der Waals surface area contributed by atoms with E-state index in [4.69, 9.17) is 4.74 Å². The maximum Gasteiger partial charge on any atom is 0.320 e. The van der Waals surface area contributed by atoms with Crippen LogP contribution in [-0.2, 0) is 9.53 Å². The zero-order valence-corrected chi connectivity index (χ0v) is 10.4. The lowest BCUT2D eigenvalue weighted by atomic mass is 9.82. The fourth-order valence-corrected chi connectivity index (χ4v) is 2.47. The van der Waals surface area contributed by atoms with Gasteiger partial charge in [-0.25, -0.2) is 0 Å². The monoisotopic (exact) mass is 225 g/mol. The Morgan fingerprint density at radius 3 is 2.56 bits per heavy atom. The van der Waals surface area contributed by atoms with Crippen molar-refractivity contribution in [3.63, 3.8) is 0 Å². The molecule has 1 fully saturated rings. The quantitative estimate of drug-likeness (QED) is 0.442. The summed E-state index contributed by atoms with van der Waals surface area (Å²) in [5.41, 5.74) is 0. The first-order valence-corrected chi connectivity index (χ1v) is 6.13. The largest absolute Gasteiger partial charge is 0.461 e. The van der Waals surface area contributed by atoms with E-state index >= 15 is 0 Å². The maximum absolute atomic E-state index is 11.5. The second kappa shape index (κ2) is 6.69. The molecule has 1 saturated carbocycles. The molecule has 0 radical (unpaired) electrons. The van der Waals surface area contributed by atoms with Gasteiger partial charge in [-0.3, -0.25) is 4.79 Å². The van der Waals surface area contributed by atoms with Crippen LogP contribution in [0.3, 0.4) is 0 Å². The fourth-order valence-electron chi connectivity index (χ4n) is 2.47. The summed E-state index contributed by atoms with van der Waals surface area (Å²) in [6.07, 6.45) is 5.13. The Balaban J connectivity index is 2.24. The molecule has 0 aliphatic heterocycles. The minimum Gasteiger partial charge on any atom is -0.461 e. The van der Waals surface area contributed by atoms with Crippen molar-refractivity contribution in [1.82, 2.24) is 5.32 Å². The molecule has 0 bridgehead atoms. The van der Waals surface area contributed by atoms with Crippen LogP contribution in [0.4, 0.5) is 0 Å². The maximum atomic E-state index is 11.5. The van der Waals surface area contributed by atoms with Crippen LogP contribution in [0.15, 0.2) is 12.7 Å². The number of carbonyl (C=O) groups is 1. The molecule has 1 aliphatic carbocycles. The number of carbonyl (C=O) groups excluding carboxylic acids is 1. The van der Waals surface area contributed by atoms with E-state index in [2.05, 4.69) is 25.7 Å². The van der Waals surface area contributed by atoms with Crippen LogP contribution >= 0.6 is 0 Å². The Hall–Kier alpha value is -0.830. The van der Waals surface area contributed by atoms with Crippen LogP contribution < -0.4 is 5.32 Å². The summed E-state index contributed by atoms with van der Waals surface area (Å²) in [5.74, 6) is 1.19. The third-order valence-corrected chi connectivity index (χ3v) is 2.99. The first kappa shape index (κ1) is 13.2. The summed E-state index contributed by atoms with van der Waals surface area (Å²) in [5, 5.41) is 2.95. The van der Waals surface area contributed by atoms with Gasteiger partial charge in [-0.1, -0.05) is 19.9 Å². The van der Waals surface area contributed by atoms with Gasteiger partial charge in [0.25, 0.3) is 0 Å². The Kier molecular flexibility index (Phi) is 5.53. The van der Waals surface area contributed by atoms with Crippen LogP contribution in [-0.4, -0.2) is 25.2 Å². The minimum atomic E-state index is -0.145. The molecule has 2 unspecified atom stereocenters. The van der Waals surface area contributed by atoms with Crippen LogP contribution in [0.1, 0.15) is 33.1 Å². The molecule has 0 aromatic heterocycles. The Morgan fingerprint density at radius 1 is 1.38 bits per heavy atom. The molecule has 0 heterocycles. The van der Waals surface area contributed by atoms with E-state index in [-0.39, 0.29) is 18.6 Å². The molecular formula is C13H23NO2. The van der Waals surface area contributed by atoms with Gasteiger partial charge < -0.3 is 10.1 Å². The van der Waals surface area contributed by atoms with Crippen molar-refractivity contribution in [3.05, 3.63) is 12.7 Å². The molecule has 1 rings (SSSR count). The number of hydrogen-bond donors (Lipinski definition) is 1. The normalized spacial score (nSPS) is 29.8. The number of rotatable bonds is 5. The highest BCUT2D eigenvalue weighted by Gasteiger charge is 2.26. The molecule has 0 spiro atoms. The van der Waals surface area contributed by atoms with Crippen molar-refractivity contribution in [1.29, 1.82) is 0 Å². The highest BCUT2D eigenvalue weighted by atomic mass is 16.5. The van der Waals surface area contributed by atoms with Gasteiger partial charge in [0.05, 0.1) is 6.54 Å². The van der Waals surface area contributed by atoms with Gasteiger partial charge in [0.15, 0.2) is 0 Å². The second-order valence-corrected chi connectivity index (χ2v) is 4.95. The summed E-state index contributed by atoms with van der Waals surface area (Å²) in [4.78, 5) is 11.5. The Labute approximate surface area is 98.2 Å². The predicted molar refractivity (Wildman–Crippen MR) is 65.1 cm³/mol. The second-order valence-electron chi connectivity index (χ2n) is 4.95. The summed E-state index contributed by atoms with van der Waals surface area (Å²) < 4.78 is 5.44. The lowest BCUT2D eigenvalue weighted by Crippen LogP contribution is -2.32. The van der Waals surface area contributed by atoms with Crippen molar-refractivity contribution in [3.8, 4) is 0 Å². The van der Waals surface area contributed by atoms with E-state index in [9.17, 15) is 4.79 Å². The van der Waals surface area contributed by atoms with E-state index in [1.165, 1.54) is 6.42 Å². The van der Waals surface area contributed by atoms with Crippen molar-refractivity contribution in [2.75, 3.05) is 13.1 Å². The molecule has 3 heteroatoms. The Morgan fingerprint density at radius 2 is 2.00 bits per heavy atom. The fraction of sp³-hybridized carbons (Fsp3) is 0.769. The van der Waals surface area contributed by atoms with E-state index in [0.29, 0.717) is 18.4 Å². The lowest BCUT2D eigenvalue weighted by Gasteiger charge is -2.31. The van der Waals surface area contributed by atoms with E-state index < -0.39 is 0 Å². The Bertz CT molecular complexity index is 230. The average molecular weight is 225 g/mol. The topological polar surface area (TPSA) is 38.3 Å². The van der Waals surface area contributed by atoms with Crippen LogP contribution in [0.2, 0.25) is 0 Å². The molecule has 16 heavy (non-hydrogen) atoms. The van der Waals surface area contributed by atoms with Gasteiger partial charge in [0.1, 0.15) is 6.10 Å². The van der Waals surface area contributed by atoms with E-state index in [1.807, 2.05) is 0 Å². The zero-order valence-electron chi connectivity index (χ0n) is 10.4. The number of hydrogen-bond acceptors (Lipinski definition) is 3. The highest BCUT2D eigenvalue weighted by molar-refractivity contribution is 5.71. The highest BCUT2D eigenvalue weighted by Crippen LogP contribution is 2.30. The smallest absolute Gasteiger partial charge is 0.320 e. The average Bonchev–Trinajstić information content (AvgIpc) is 2.16. The summed E-state index contributed by atoms with van der Waals surface area (Å²) in [6, 6.07) is 0. The molecule has 1 N–H and O–H groups in total. The molecule has 0 aromatic rings. The first-order valence-electron chi connectivity index (χ1n) is 6.13. The SMILES string of the molecule is C=CCNCC(=O)OC1CC(C)CC(C)C1. The predicted octanol–water partition coefficient (Wildman–Crippen LogP) is 2.13. The molecule has 0 saturated heterocycles. The van der Waals surface area contributed by atoms with Gasteiger partial charge in [-0.2, -0.15) is 0 Å². The third kappa shape index (κ3) is 4.79. The summed E-state index contributed by atoms with van der Waals surface area (Å²) >= 11 is 0. The molecule has 1 aliphatic rings. The van der Waals surface area contributed by atoms with Crippen molar-refractivity contribution in [2.24, 2.45) is 11.8 Å². The van der Waals surface area contributed by atoms with Crippen LogP contribution in [0.5, 0.6) is 0 Å². The summed E-state index contributed by atoms with van der Waals surface area (Å²) in [6.45, 7) is 8.96. The van der Waals surface area contributed by atoms with Crippen LogP contribution in [0.25, 0.3) is 0 Å². The molecule has 0 amide bonds. The third-order valence-electron chi connectivity index (χ3n) is 2.99. The van der Waals surface area contributed by atoms with Gasteiger partial charge in [-0.05, 0) is 31.1 Å². The van der Waals surface area contributed by atoms with Gasteiger partial charge >= 0.3 is 5.97 Å².